The summed E-state index contributed by atoms with van der Waals surface area (Å²) < 4.78 is 0. The molecule has 2 saturated heterocycles. The third-order valence-electron chi connectivity index (χ3n) is 7.89. The van der Waals surface area contributed by atoms with E-state index in [1.807, 2.05) is 53.4 Å². The molecular weight excluding hydrogens is 529 g/mol. The van der Waals surface area contributed by atoms with E-state index in [2.05, 4.69) is 52.1 Å². The summed E-state index contributed by atoms with van der Waals surface area (Å²) in [4.78, 5) is 22.8. The van der Waals surface area contributed by atoms with E-state index in [9.17, 15) is 10.1 Å². The highest BCUT2D eigenvalue weighted by Gasteiger charge is 2.40. The van der Waals surface area contributed by atoms with E-state index in [0.29, 0.717) is 28.7 Å². The number of para-hydroxylation sites is 1. The molecule has 0 N–H and O–H groups in total. The Morgan fingerprint density at radius 1 is 0.949 bits per heavy atom. The fraction of sp³-hybridized carbons (Fsp3) is 0.355. The van der Waals surface area contributed by atoms with Crippen molar-refractivity contribution in [1.29, 1.82) is 5.26 Å². The third-order valence-corrected chi connectivity index (χ3v) is 8.63. The lowest BCUT2D eigenvalue weighted by Gasteiger charge is -2.38. The fourth-order valence-electron chi connectivity index (χ4n) is 5.73. The van der Waals surface area contributed by atoms with Gasteiger partial charge in [-0.05, 0) is 48.9 Å². The highest BCUT2D eigenvalue weighted by molar-refractivity contribution is 6.42. The zero-order valence-electron chi connectivity index (χ0n) is 22.1. The van der Waals surface area contributed by atoms with Gasteiger partial charge in [-0.15, -0.1) is 0 Å². The number of carbonyl (C=O) groups is 1. The first-order valence-electron chi connectivity index (χ1n) is 13.4. The molecular formula is C31H33Cl2N5O. The van der Waals surface area contributed by atoms with E-state index in [0.717, 1.165) is 50.4 Å². The van der Waals surface area contributed by atoms with Crippen LogP contribution < -0.4 is 4.90 Å². The van der Waals surface area contributed by atoms with E-state index >= 15 is 0 Å². The second-order valence-electron chi connectivity index (χ2n) is 10.4. The molecule has 2 aliphatic rings. The van der Waals surface area contributed by atoms with E-state index in [-0.39, 0.29) is 18.0 Å². The van der Waals surface area contributed by atoms with Crippen molar-refractivity contribution in [3.63, 3.8) is 0 Å². The number of nitrogens with zero attached hydrogens (tertiary/aromatic N) is 5. The smallest absolute Gasteiger partial charge is 0.240 e. The van der Waals surface area contributed by atoms with E-state index in [1.54, 1.807) is 0 Å². The molecule has 0 bridgehead atoms. The van der Waals surface area contributed by atoms with Crippen LogP contribution in [0.25, 0.3) is 0 Å². The van der Waals surface area contributed by atoms with Crippen molar-refractivity contribution in [3.05, 3.63) is 99.5 Å². The number of anilines is 1. The molecule has 8 heteroatoms. The number of rotatable bonds is 7. The fourth-order valence-corrected chi connectivity index (χ4v) is 6.05. The summed E-state index contributed by atoms with van der Waals surface area (Å²) >= 11 is 12.4. The van der Waals surface area contributed by atoms with Crippen LogP contribution in [0.5, 0.6) is 0 Å². The van der Waals surface area contributed by atoms with Crippen LogP contribution in [0.15, 0.2) is 72.8 Å². The molecule has 0 aliphatic carbocycles. The Morgan fingerprint density at radius 3 is 2.38 bits per heavy atom. The molecule has 2 fully saturated rings. The number of carbonyl (C=O) groups excluding carboxylic acids is 1. The molecule has 0 saturated carbocycles. The number of benzene rings is 3. The quantitative estimate of drug-likeness (QED) is 0.392. The molecule has 0 radical (unpaired) electrons. The second-order valence-corrected chi connectivity index (χ2v) is 11.2. The van der Waals surface area contributed by atoms with Crippen molar-refractivity contribution < 1.29 is 4.79 Å². The lowest BCUT2D eigenvalue weighted by molar-refractivity contribution is -0.136. The van der Waals surface area contributed by atoms with Crippen molar-refractivity contribution in [2.24, 2.45) is 0 Å². The van der Waals surface area contributed by atoms with Gasteiger partial charge >= 0.3 is 0 Å². The molecule has 1 amide bonds. The van der Waals surface area contributed by atoms with Crippen molar-refractivity contribution >= 4 is 34.8 Å². The van der Waals surface area contributed by atoms with Gasteiger partial charge in [0.25, 0.3) is 0 Å². The van der Waals surface area contributed by atoms with Crippen molar-refractivity contribution in [2.75, 3.05) is 44.7 Å². The zero-order chi connectivity index (χ0) is 27.4. The Bertz CT molecular complexity index is 1340. The summed E-state index contributed by atoms with van der Waals surface area (Å²) in [5, 5.41) is 10.6. The Labute approximate surface area is 240 Å². The first-order valence-corrected chi connectivity index (χ1v) is 14.1. The lowest BCUT2D eigenvalue weighted by Crippen LogP contribution is -2.53. The maximum absolute atomic E-state index is 13.9. The molecule has 3 aromatic rings. The molecule has 5 rings (SSSR count). The molecule has 202 valence electrons. The summed E-state index contributed by atoms with van der Waals surface area (Å²) in [5.41, 5.74) is 3.93. The van der Waals surface area contributed by atoms with Gasteiger partial charge in [0.05, 0.1) is 27.3 Å². The molecule has 2 aliphatic heterocycles. The van der Waals surface area contributed by atoms with Crippen LogP contribution in [0.2, 0.25) is 10.0 Å². The topological polar surface area (TPSA) is 53.8 Å². The standard InChI is InChI=1S/C31H33Cl2N5O/c1-35(20-24-11-12-27(32)28(33)17-24)26-18-30(38(22-26)21-23-7-3-2-4-8-23)31(39)37-15-13-36(14-16-37)29-10-6-5-9-25(29)19-34/h2-12,17,26,30H,13-16,18,20-22H2,1H3/t26-,30-/m0/s1. The summed E-state index contributed by atoms with van der Waals surface area (Å²) in [6.07, 6.45) is 0.779. The van der Waals surface area contributed by atoms with Gasteiger partial charge in [0.15, 0.2) is 0 Å². The average molecular weight is 563 g/mol. The van der Waals surface area contributed by atoms with E-state index in [1.165, 1.54) is 5.56 Å². The number of halogens is 2. The number of nitriles is 1. The Morgan fingerprint density at radius 2 is 1.67 bits per heavy atom. The summed E-state index contributed by atoms with van der Waals surface area (Å²) in [6, 6.07) is 26.2. The molecule has 0 aromatic heterocycles. The molecule has 6 nitrogen and oxygen atoms in total. The number of hydrogen-bond donors (Lipinski definition) is 0. The van der Waals surface area contributed by atoms with Gasteiger partial charge in [0.2, 0.25) is 5.91 Å². The Hall–Kier alpha value is -3.08. The Kier molecular flexibility index (Phi) is 8.74. The second kappa shape index (κ2) is 12.4. The molecule has 3 aromatic carbocycles. The predicted molar refractivity (Wildman–Crippen MR) is 157 cm³/mol. The van der Waals surface area contributed by atoms with Gasteiger partial charge in [-0.1, -0.05) is 71.7 Å². The van der Waals surface area contributed by atoms with Crippen molar-refractivity contribution in [1.82, 2.24) is 14.7 Å². The SMILES string of the molecule is CN(Cc1ccc(Cl)c(Cl)c1)[C@H]1C[C@@H](C(=O)N2CCN(c3ccccc3C#N)CC2)N(Cc2ccccc2)C1. The monoisotopic (exact) mass is 561 g/mol. The van der Waals surface area contributed by atoms with Crippen LogP contribution in [0, 0.1) is 11.3 Å². The van der Waals surface area contributed by atoms with Gasteiger partial charge < -0.3 is 9.80 Å². The molecule has 2 heterocycles. The third kappa shape index (κ3) is 6.40. The number of hydrogen-bond acceptors (Lipinski definition) is 5. The van der Waals surface area contributed by atoms with Crippen LogP contribution in [0.1, 0.15) is 23.1 Å². The van der Waals surface area contributed by atoms with Crippen LogP contribution >= 0.6 is 23.2 Å². The molecule has 0 unspecified atom stereocenters. The lowest BCUT2D eigenvalue weighted by atomic mass is 10.1. The Balaban J connectivity index is 1.28. The highest BCUT2D eigenvalue weighted by Crippen LogP contribution is 2.29. The first-order chi connectivity index (χ1) is 18.9. The van der Waals surface area contributed by atoms with Crippen LogP contribution in [-0.2, 0) is 17.9 Å². The van der Waals surface area contributed by atoms with Gasteiger partial charge in [-0.25, -0.2) is 0 Å². The van der Waals surface area contributed by atoms with Crippen molar-refractivity contribution in [3.8, 4) is 6.07 Å². The van der Waals surface area contributed by atoms with Crippen molar-refractivity contribution in [2.45, 2.75) is 31.6 Å². The maximum Gasteiger partial charge on any atom is 0.240 e. The van der Waals surface area contributed by atoms with E-state index < -0.39 is 0 Å². The average Bonchev–Trinajstić information content (AvgIpc) is 3.39. The number of piperazine rings is 1. The number of likely N-dealkylation sites (N-methyl/N-ethyl adjacent to an activating group) is 1. The number of likely N-dealkylation sites (tertiary alicyclic amines) is 1. The van der Waals surface area contributed by atoms with Gasteiger partial charge in [0, 0.05) is 51.9 Å². The minimum atomic E-state index is -0.176. The van der Waals surface area contributed by atoms with Crippen LogP contribution in [0.3, 0.4) is 0 Å². The summed E-state index contributed by atoms with van der Waals surface area (Å²) in [5.74, 6) is 0.199. The maximum atomic E-state index is 13.9. The summed E-state index contributed by atoms with van der Waals surface area (Å²) in [6.45, 7) is 5.03. The molecule has 0 spiro atoms. The van der Waals surface area contributed by atoms with Crippen LogP contribution in [-0.4, -0.2) is 72.5 Å². The van der Waals surface area contributed by atoms with Crippen LogP contribution in [0.4, 0.5) is 5.69 Å². The zero-order valence-corrected chi connectivity index (χ0v) is 23.7. The largest absolute Gasteiger partial charge is 0.367 e. The first kappa shape index (κ1) is 27.5. The molecule has 39 heavy (non-hydrogen) atoms. The number of amides is 1. The van der Waals surface area contributed by atoms with Gasteiger partial charge in [-0.2, -0.15) is 5.26 Å². The van der Waals surface area contributed by atoms with E-state index in [4.69, 9.17) is 23.2 Å². The van der Waals surface area contributed by atoms with Gasteiger partial charge in [0.1, 0.15) is 6.07 Å². The summed E-state index contributed by atoms with van der Waals surface area (Å²) in [7, 11) is 2.12. The minimum Gasteiger partial charge on any atom is -0.367 e. The normalized spacial score (nSPS) is 19.9. The highest BCUT2D eigenvalue weighted by atomic mass is 35.5. The predicted octanol–water partition coefficient (Wildman–Crippen LogP) is 5.29. The van der Waals surface area contributed by atoms with Gasteiger partial charge in [-0.3, -0.25) is 14.6 Å². The molecule has 2 atom stereocenters. The minimum absolute atomic E-state index is 0.176.